The minimum atomic E-state index is 0.853. The Morgan fingerprint density at radius 2 is 0.932 bits per heavy atom. The van der Waals surface area contributed by atoms with Crippen molar-refractivity contribution < 1.29 is 0 Å². The monoisotopic (exact) mass is 562 g/mol. The summed E-state index contributed by atoms with van der Waals surface area (Å²) in [6.07, 6.45) is 9.39. The summed E-state index contributed by atoms with van der Waals surface area (Å²) in [4.78, 5) is 18.5. The molecule has 0 aliphatic heterocycles. The summed E-state index contributed by atoms with van der Waals surface area (Å²) in [5, 5.41) is 4.68. The SMILES string of the molecule is c1ccc(-c2ccc3c(-c4ccc(-c5ccccn5)nc4)c4ccccc4c(-c4ccc(-c5cccnc5)nc4)c3c2)cc1. The first-order valence-electron chi connectivity index (χ1n) is 14.6. The normalized spacial score (nSPS) is 11.2. The van der Waals surface area contributed by atoms with E-state index in [4.69, 9.17) is 9.97 Å². The fourth-order valence-electron chi connectivity index (χ4n) is 6.04. The number of nitrogens with zero attached hydrogens (tertiary/aromatic N) is 4. The molecule has 4 aromatic carbocycles. The third kappa shape index (κ3) is 4.59. The van der Waals surface area contributed by atoms with E-state index < -0.39 is 0 Å². The van der Waals surface area contributed by atoms with Crippen LogP contribution in [0.2, 0.25) is 0 Å². The van der Waals surface area contributed by atoms with Crippen molar-refractivity contribution in [1.82, 2.24) is 19.9 Å². The van der Waals surface area contributed by atoms with Gasteiger partial charge in [-0.15, -0.1) is 0 Å². The van der Waals surface area contributed by atoms with Gasteiger partial charge in [0.15, 0.2) is 0 Å². The van der Waals surface area contributed by atoms with Crippen LogP contribution >= 0.6 is 0 Å². The number of rotatable bonds is 5. The molecule has 206 valence electrons. The van der Waals surface area contributed by atoms with Crippen LogP contribution in [-0.4, -0.2) is 19.9 Å². The van der Waals surface area contributed by atoms with E-state index in [2.05, 4.69) is 107 Å². The maximum atomic E-state index is 4.88. The van der Waals surface area contributed by atoms with Crippen molar-refractivity contribution in [2.24, 2.45) is 0 Å². The maximum Gasteiger partial charge on any atom is 0.0886 e. The molecular formula is C40H26N4. The molecule has 4 nitrogen and oxygen atoms in total. The van der Waals surface area contributed by atoms with Gasteiger partial charge in [0.1, 0.15) is 0 Å². The Labute approximate surface area is 255 Å². The number of fused-ring (bicyclic) bond motifs is 2. The van der Waals surface area contributed by atoms with Crippen LogP contribution in [0.4, 0.5) is 0 Å². The van der Waals surface area contributed by atoms with E-state index in [1.54, 1.807) is 12.4 Å². The van der Waals surface area contributed by atoms with Gasteiger partial charge in [0.05, 0.1) is 17.1 Å². The highest BCUT2D eigenvalue weighted by atomic mass is 14.8. The molecule has 4 aromatic heterocycles. The summed E-state index contributed by atoms with van der Waals surface area (Å²) in [5.74, 6) is 0. The first-order chi connectivity index (χ1) is 21.8. The van der Waals surface area contributed by atoms with E-state index in [0.717, 1.165) is 33.8 Å². The molecule has 44 heavy (non-hydrogen) atoms. The number of benzene rings is 4. The van der Waals surface area contributed by atoms with Crippen LogP contribution in [0.3, 0.4) is 0 Å². The molecule has 4 heterocycles. The minimum Gasteiger partial charge on any atom is -0.264 e. The molecule has 0 atom stereocenters. The third-order valence-corrected chi connectivity index (χ3v) is 8.12. The fourth-order valence-corrected chi connectivity index (χ4v) is 6.04. The molecule has 0 bridgehead atoms. The Morgan fingerprint density at radius 1 is 0.318 bits per heavy atom. The molecule has 0 saturated carbocycles. The van der Waals surface area contributed by atoms with E-state index in [9.17, 15) is 0 Å². The van der Waals surface area contributed by atoms with Gasteiger partial charge in [-0.2, -0.15) is 0 Å². The second-order valence-corrected chi connectivity index (χ2v) is 10.7. The van der Waals surface area contributed by atoms with Crippen LogP contribution in [-0.2, 0) is 0 Å². The van der Waals surface area contributed by atoms with Crippen LogP contribution in [0.1, 0.15) is 0 Å². The Morgan fingerprint density at radius 3 is 1.59 bits per heavy atom. The molecule has 8 aromatic rings. The first-order valence-corrected chi connectivity index (χ1v) is 14.6. The van der Waals surface area contributed by atoms with Gasteiger partial charge in [-0.3, -0.25) is 19.9 Å². The Kier molecular flexibility index (Phi) is 6.43. The van der Waals surface area contributed by atoms with Crippen molar-refractivity contribution in [2.75, 3.05) is 0 Å². The highest BCUT2D eigenvalue weighted by molar-refractivity contribution is 6.21. The van der Waals surface area contributed by atoms with Crippen LogP contribution in [0.25, 0.3) is 77.6 Å². The molecule has 0 aliphatic carbocycles. The fraction of sp³-hybridized carbons (Fsp3) is 0. The first kappa shape index (κ1) is 25.7. The van der Waals surface area contributed by atoms with Crippen LogP contribution in [0, 0.1) is 0 Å². The predicted octanol–water partition coefficient (Wildman–Crippen LogP) is 9.91. The van der Waals surface area contributed by atoms with Crippen molar-refractivity contribution in [3.63, 3.8) is 0 Å². The number of hydrogen-bond donors (Lipinski definition) is 0. The highest BCUT2D eigenvalue weighted by Crippen LogP contribution is 2.44. The maximum absolute atomic E-state index is 4.88. The van der Waals surface area contributed by atoms with Gasteiger partial charge >= 0.3 is 0 Å². The molecule has 8 rings (SSSR count). The molecule has 0 saturated heterocycles. The molecule has 0 N–H and O–H groups in total. The van der Waals surface area contributed by atoms with Crippen molar-refractivity contribution in [1.29, 1.82) is 0 Å². The van der Waals surface area contributed by atoms with Crippen LogP contribution < -0.4 is 0 Å². The van der Waals surface area contributed by atoms with Crippen LogP contribution in [0.5, 0.6) is 0 Å². The third-order valence-electron chi connectivity index (χ3n) is 8.12. The van der Waals surface area contributed by atoms with Crippen molar-refractivity contribution >= 4 is 21.5 Å². The minimum absolute atomic E-state index is 0.853. The van der Waals surface area contributed by atoms with E-state index >= 15 is 0 Å². The predicted molar refractivity (Wildman–Crippen MR) is 180 cm³/mol. The quantitative estimate of drug-likeness (QED) is 0.196. The lowest BCUT2D eigenvalue weighted by Gasteiger charge is -2.18. The zero-order valence-electron chi connectivity index (χ0n) is 23.8. The van der Waals surface area contributed by atoms with Crippen molar-refractivity contribution in [2.45, 2.75) is 0 Å². The largest absolute Gasteiger partial charge is 0.264 e. The van der Waals surface area contributed by atoms with Gasteiger partial charge in [0.25, 0.3) is 0 Å². The number of aromatic nitrogens is 4. The van der Waals surface area contributed by atoms with Gasteiger partial charge in [0.2, 0.25) is 0 Å². The molecular weight excluding hydrogens is 536 g/mol. The van der Waals surface area contributed by atoms with Gasteiger partial charge in [-0.1, -0.05) is 84.9 Å². The van der Waals surface area contributed by atoms with Gasteiger partial charge < -0.3 is 0 Å². The van der Waals surface area contributed by atoms with Crippen molar-refractivity contribution in [3.05, 3.63) is 158 Å². The molecule has 0 radical (unpaired) electrons. The second-order valence-electron chi connectivity index (χ2n) is 10.7. The van der Waals surface area contributed by atoms with Gasteiger partial charge in [-0.25, -0.2) is 0 Å². The van der Waals surface area contributed by atoms with E-state index in [1.807, 2.05) is 48.9 Å². The second kappa shape index (κ2) is 11.0. The summed E-state index contributed by atoms with van der Waals surface area (Å²) in [7, 11) is 0. The van der Waals surface area contributed by atoms with Crippen molar-refractivity contribution in [3.8, 4) is 56.0 Å². The zero-order valence-corrected chi connectivity index (χ0v) is 23.8. The van der Waals surface area contributed by atoms with E-state index in [0.29, 0.717) is 0 Å². The van der Waals surface area contributed by atoms with Gasteiger partial charge in [0, 0.05) is 47.7 Å². The average Bonchev–Trinajstić information content (AvgIpc) is 3.12. The lowest BCUT2D eigenvalue weighted by molar-refractivity contribution is 1.25. The zero-order chi connectivity index (χ0) is 29.3. The standard InChI is InChI=1S/C40H26N4/c1-2-9-27(10-3-1)28-15-18-34-35(23-28)40(31-16-19-36(43-25-31)29-11-8-21-41-24-29)33-13-5-4-12-32(33)39(34)30-17-20-38(44-26-30)37-14-6-7-22-42-37/h1-26H. The average molecular weight is 563 g/mol. The molecule has 0 unspecified atom stereocenters. The molecule has 0 aliphatic rings. The lowest BCUT2D eigenvalue weighted by Crippen LogP contribution is -1.94. The highest BCUT2D eigenvalue weighted by Gasteiger charge is 2.18. The molecule has 0 fully saturated rings. The lowest BCUT2D eigenvalue weighted by atomic mass is 9.85. The van der Waals surface area contributed by atoms with E-state index in [1.165, 1.54) is 43.8 Å². The summed E-state index contributed by atoms with van der Waals surface area (Å²) in [6.45, 7) is 0. The smallest absolute Gasteiger partial charge is 0.0886 e. The van der Waals surface area contributed by atoms with E-state index in [-0.39, 0.29) is 0 Å². The number of pyridine rings is 4. The summed E-state index contributed by atoms with van der Waals surface area (Å²) in [5.41, 5.74) is 10.4. The Hall–Kier alpha value is -6.00. The molecule has 0 amide bonds. The summed E-state index contributed by atoms with van der Waals surface area (Å²) < 4.78 is 0. The number of hydrogen-bond acceptors (Lipinski definition) is 4. The van der Waals surface area contributed by atoms with Crippen LogP contribution in [0.15, 0.2) is 158 Å². The molecule has 0 spiro atoms. The van der Waals surface area contributed by atoms with Gasteiger partial charge in [-0.05, 0) is 86.3 Å². The molecule has 4 heteroatoms. The Balaban J connectivity index is 1.38. The summed E-state index contributed by atoms with van der Waals surface area (Å²) in [6, 6.07) is 44.3. The topological polar surface area (TPSA) is 51.6 Å². The summed E-state index contributed by atoms with van der Waals surface area (Å²) >= 11 is 0. The Bertz CT molecular complexity index is 2230.